The van der Waals surface area contributed by atoms with Gasteiger partial charge >= 0.3 is 0 Å². The molecule has 0 aliphatic rings. The molecule has 27 heavy (non-hydrogen) atoms. The molecule has 0 aliphatic heterocycles. The molecule has 1 aromatic heterocycles. The SMILES string of the molecule is CCNC(=NCCCc1cn[nH]c1C)N(C)Cc1ccc(OCC)cc1.I. The fourth-order valence-corrected chi connectivity index (χ4v) is 2.76. The number of aromatic amines is 1. The Labute approximate surface area is 179 Å². The molecular weight excluding hydrogens is 453 g/mol. The van der Waals surface area contributed by atoms with E-state index >= 15 is 0 Å². The second kappa shape index (κ2) is 12.6. The van der Waals surface area contributed by atoms with Crippen LogP contribution in [-0.4, -0.2) is 47.8 Å². The lowest BCUT2D eigenvalue weighted by Gasteiger charge is -2.22. The van der Waals surface area contributed by atoms with Gasteiger partial charge in [0.15, 0.2) is 5.96 Å². The number of aliphatic imine (C=N–C) groups is 1. The minimum Gasteiger partial charge on any atom is -0.494 e. The van der Waals surface area contributed by atoms with Crippen molar-refractivity contribution < 1.29 is 4.74 Å². The van der Waals surface area contributed by atoms with Gasteiger partial charge in [-0.2, -0.15) is 5.10 Å². The van der Waals surface area contributed by atoms with Gasteiger partial charge in [-0.05, 0) is 56.9 Å². The molecule has 0 radical (unpaired) electrons. The maximum absolute atomic E-state index is 5.50. The Hall–Kier alpha value is -1.77. The molecule has 1 heterocycles. The van der Waals surface area contributed by atoms with Crippen LogP contribution in [0.2, 0.25) is 0 Å². The number of halogens is 1. The summed E-state index contributed by atoms with van der Waals surface area (Å²) < 4.78 is 5.50. The fraction of sp³-hybridized carbons (Fsp3) is 0.500. The minimum absolute atomic E-state index is 0. The Morgan fingerprint density at radius 3 is 2.59 bits per heavy atom. The Morgan fingerprint density at radius 2 is 2.00 bits per heavy atom. The number of rotatable bonds is 9. The predicted molar refractivity (Wildman–Crippen MR) is 122 cm³/mol. The second-order valence-corrected chi connectivity index (χ2v) is 6.29. The van der Waals surface area contributed by atoms with E-state index in [1.165, 1.54) is 11.1 Å². The maximum atomic E-state index is 5.50. The van der Waals surface area contributed by atoms with E-state index in [0.717, 1.165) is 49.9 Å². The predicted octanol–water partition coefficient (Wildman–Crippen LogP) is 3.76. The molecule has 7 heteroatoms. The molecule has 150 valence electrons. The van der Waals surface area contributed by atoms with Crippen LogP contribution in [0.3, 0.4) is 0 Å². The highest BCUT2D eigenvalue weighted by atomic mass is 127. The number of H-pyrrole nitrogens is 1. The first-order valence-corrected chi connectivity index (χ1v) is 9.34. The first kappa shape index (κ1) is 23.3. The van der Waals surface area contributed by atoms with Crippen molar-refractivity contribution in [3.63, 3.8) is 0 Å². The first-order chi connectivity index (χ1) is 12.6. The van der Waals surface area contributed by atoms with Crippen molar-refractivity contribution in [1.29, 1.82) is 0 Å². The molecule has 0 unspecified atom stereocenters. The van der Waals surface area contributed by atoms with Crippen LogP contribution in [0.5, 0.6) is 5.75 Å². The lowest BCUT2D eigenvalue weighted by molar-refractivity contribution is 0.340. The van der Waals surface area contributed by atoms with Crippen LogP contribution in [-0.2, 0) is 13.0 Å². The summed E-state index contributed by atoms with van der Waals surface area (Å²) >= 11 is 0. The summed E-state index contributed by atoms with van der Waals surface area (Å²) in [4.78, 5) is 6.92. The van der Waals surface area contributed by atoms with Crippen LogP contribution in [0.15, 0.2) is 35.5 Å². The van der Waals surface area contributed by atoms with E-state index in [0.29, 0.717) is 6.61 Å². The van der Waals surface area contributed by atoms with Gasteiger partial charge in [0.25, 0.3) is 0 Å². The summed E-state index contributed by atoms with van der Waals surface area (Å²) in [6, 6.07) is 8.24. The molecule has 0 bridgehead atoms. The van der Waals surface area contributed by atoms with Crippen molar-refractivity contribution in [3.8, 4) is 5.75 Å². The average Bonchev–Trinajstić information content (AvgIpc) is 3.04. The van der Waals surface area contributed by atoms with Gasteiger partial charge in [0.1, 0.15) is 5.75 Å². The summed E-state index contributed by atoms with van der Waals surface area (Å²) in [6.07, 6.45) is 3.91. The minimum atomic E-state index is 0. The first-order valence-electron chi connectivity index (χ1n) is 9.34. The highest BCUT2D eigenvalue weighted by molar-refractivity contribution is 14.0. The average molecular weight is 485 g/mol. The fourth-order valence-electron chi connectivity index (χ4n) is 2.76. The van der Waals surface area contributed by atoms with E-state index in [1.807, 2.05) is 25.3 Å². The largest absolute Gasteiger partial charge is 0.494 e. The van der Waals surface area contributed by atoms with Gasteiger partial charge in [0.2, 0.25) is 0 Å². The number of ether oxygens (including phenoxy) is 1. The van der Waals surface area contributed by atoms with Gasteiger partial charge in [0.05, 0.1) is 12.8 Å². The molecule has 0 amide bonds. The van der Waals surface area contributed by atoms with Crippen LogP contribution in [0, 0.1) is 6.92 Å². The van der Waals surface area contributed by atoms with Crippen molar-refractivity contribution in [3.05, 3.63) is 47.3 Å². The zero-order chi connectivity index (χ0) is 18.8. The van der Waals surface area contributed by atoms with Gasteiger partial charge in [-0.25, -0.2) is 0 Å². The van der Waals surface area contributed by atoms with E-state index in [4.69, 9.17) is 9.73 Å². The van der Waals surface area contributed by atoms with Gasteiger partial charge in [-0.15, -0.1) is 24.0 Å². The maximum Gasteiger partial charge on any atom is 0.193 e. The van der Waals surface area contributed by atoms with Crippen LogP contribution in [0.4, 0.5) is 0 Å². The molecule has 2 aromatic rings. The molecule has 0 saturated carbocycles. The van der Waals surface area contributed by atoms with E-state index in [9.17, 15) is 0 Å². The van der Waals surface area contributed by atoms with Gasteiger partial charge in [-0.1, -0.05) is 12.1 Å². The monoisotopic (exact) mass is 485 g/mol. The van der Waals surface area contributed by atoms with Gasteiger partial charge in [-0.3, -0.25) is 10.1 Å². The number of aryl methyl sites for hydroxylation is 2. The molecule has 1 aromatic carbocycles. The van der Waals surface area contributed by atoms with Crippen molar-refractivity contribution in [2.45, 2.75) is 40.2 Å². The molecule has 0 aliphatic carbocycles. The topological polar surface area (TPSA) is 65.5 Å². The summed E-state index contributed by atoms with van der Waals surface area (Å²) in [7, 11) is 2.07. The molecule has 2 rings (SSSR count). The Morgan fingerprint density at radius 1 is 1.26 bits per heavy atom. The van der Waals surface area contributed by atoms with Crippen molar-refractivity contribution >= 4 is 29.9 Å². The van der Waals surface area contributed by atoms with Crippen molar-refractivity contribution in [2.75, 3.05) is 26.7 Å². The standard InChI is InChI=1S/C20H31N5O.HI/c1-5-21-20(22-13-7-8-18-14-23-24-16(18)3)25(4)15-17-9-11-19(12-10-17)26-6-2;/h9-12,14H,5-8,13,15H2,1-4H3,(H,21,22)(H,23,24);1H. The van der Waals surface area contributed by atoms with E-state index in [-0.39, 0.29) is 24.0 Å². The van der Waals surface area contributed by atoms with E-state index < -0.39 is 0 Å². The van der Waals surface area contributed by atoms with Crippen LogP contribution in [0.25, 0.3) is 0 Å². The molecule has 0 saturated heterocycles. The number of benzene rings is 1. The highest BCUT2D eigenvalue weighted by Crippen LogP contribution is 2.13. The number of hydrogen-bond acceptors (Lipinski definition) is 3. The van der Waals surface area contributed by atoms with Gasteiger partial charge < -0.3 is 15.0 Å². The molecule has 6 nitrogen and oxygen atoms in total. The normalized spacial score (nSPS) is 11.0. The lowest BCUT2D eigenvalue weighted by atomic mass is 10.1. The molecule has 2 N–H and O–H groups in total. The molecule has 0 atom stereocenters. The highest BCUT2D eigenvalue weighted by Gasteiger charge is 2.07. The van der Waals surface area contributed by atoms with E-state index in [2.05, 4.69) is 53.4 Å². The van der Waals surface area contributed by atoms with Gasteiger partial charge in [0, 0.05) is 32.4 Å². The quantitative estimate of drug-likeness (QED) is 0.246. The number of guanidine groups is 1. The number of hydrogen-bond donors (Lipinski definition) is 2. The summed E-state index contributed by atoms with van der Waals surface area (Å²) in [5.74, 6) is 1.85. The Balaban J connectivity index is 0.00000364. The third kappa shape index (κ3) is 7.78. The number of aromatic nitrogens is 2. The number of nitrogens with one attached hydrogen (secondary N) is 2. The summed E-state index contributed by atoms with van der Waals surface area (Å²) in [6.45, 7) is 9.28. The third-order valence-electron chi connectivity index (χ3n) is 4.15. The smallest absolute Gasteiger partial charge is 0.193 e. The Bertz CT molecular complexity index is 684. The molecule has 0 fully saturated rings. The number of nitrogens with zero attached hydrogens (tertiary/aromatic N) is 3. The third-order valence-corrected chi connectivity index (χ3v) is 4.15. The summed E-state index contributed by atoms with van der Waals surface area (Å²) in [5.41, 5.74) is 3.65. The van der Waals surface area contributed by atoms with Crippen molar-refractivity contribution in [1.82, 2.24) is 20.4 Å². The second-order valence-electron chi connectivity index (χ2n) is 6.29. The molecule has 0 spiro atoms. The van der Waals surface area contributed by atoms with Crippen LogP contribution in [0.1, 0.15) is 37.1 Å². The molecular formula is C20H32IN5O. The zero-order valence-corrected chi connectivity index (χ0v) is 19.1. The Kier molecular flexibility index (Phi) is 10.8. The van der Waals surface area contributed by atoms with Crippen molar-refractivity contribution in [2.24, 2.45) is 4.99 Å². The summed E-state index contributed by atoms with van der Waals surface area (Å²) in [5, 5.41) is 10.4. The van der Waals surface area contributed by atoms with Crippen LogP contribution < -0.4 is 10.1 Å². The van der Waals surface area contributed by atoms with E-state index in [1.54, 1.807) is 0 Å². The zero-order valence-electron chi connectivity index (χ0n) is 16.8. The lowest BCUT2D eigenvalue weighted by Crippen LogP contribution is -2.38. The van der Waals surface area contributed by atoms with Crippen LogP contribution >= 0.6 is 24.0 Å².